The number of likely N-dealkylation sites (tertiary alicyclic amines) is 1. The van der Waals surface area contributed by atoms with Crippen molar-refractivity contribution in [2.45, 2.75) is 65.0 Å². The van der Waals surface area contributed by atoms with Crippen molar-refractivity contribution in [2.24, 2.45) is 0 Å². The molecule has 1 fully saturated rings. The fourth-order valence-electron chi connectivity index (χ4n) is 3.85. The van der Waals surface area contributed by atoms with Crippen molar-refractivity contribution in [3.8, 4) is 0 Å². The van der Waals surface area contributed by atoms with Gasteiger partial charge in [0.05, 0.1) is 11.0 Å². The first kappa shape index (κ1) is 20.6. The van der Waals surface area contributed by atoms with Crippen LogP contribution in [0.25, 0.3) is 11.0 Å². The van der Waals surface area contributed by atoms with E-state index in [0.29, 0.717) is 6.54 Å². The Kier molecular flexibility index (Phi) is 6.28. The van der Waals surface area contributed by atoms with E-state index in [1.807, 2.05) is 25.7 Å². The summed E-state index contributed by atoms with van der Waals surface area (Å²) >= 11 is 0. The molecule has 0 bridgehead atoms. The van der Waals surface area contributed by atoms with Gasteiger partial charge in [0.2, 0.25) is 0 Å². The summed E-state index contributed by atoms with van der Waals surface area (Å²) in [6, 6.07) is 6.43. The number of carbonyl (C=O) groups is 1. The van der Waals surface area contributed by atoms with Crippen LogP contribution in [0.1, 0.15) is 57.3 Å². The van der Waals surface area contributed by atoms with Gasteiger partial charge in [-0.1, -0.05) is 6.07 Å². The SMILES string of the molecule is COCCCn1c([C@@H]2CCCN(C(=O)OC(C)(C)C)C2)nc2cc(C)ccc21. The van der Waals surface area contributed by atoms with Gasteiger partial charge in [-0.3, -0.25) is 0 Å². The van der Waals surface area contributed by atoms with Crippen molar-refractivity contribution >= 4 is 17.1 Å². The van der Waals surface area contributed by atoms with E-state index < -0.39 is 5.60 Å². The Morgan fingerprint density at radius 2 is 2.11 bits per heavy atom. The van der Waals surface area contributed by atoms with Crippen molar-refractivity contribution in [2.75, 3.05) is 26.8 Å². The number of hydrogen-bond acceptors (Lipinski definition) is 4. The number of carbonyl (C=O) groups excluding carboxylic acids is 1. The van der Waals surface area contributed by atoms with Crippen LogP contribution in [0.15, 0.2) is 18.2 Å². The second-order valence-electron chi connectivity index (χ2n) is 8.73. The Labute approximate surface area is 167 Å². The molecule has 1 aromatic carbocycles. The number of aryl methyl sites for hydroxylation is 2. The number of aromatic nitrogens is 2. The third-order valence-electron chi connectivity index (χ3n) is 5.10. The Bertz CT molecular complexity index is 822. The molecule has 28 heavy (non-hydrogen) atoms. The van der Waals surface area contributed by atoms with E-state index in [0.717, 1.165) is 55.8 Å². The Balaban J connectivity index is 1.86. The summed E-state index contributed by atoms with van der Waals surface area (Å²) in [6.45, 7) is 10.8. The minimum atomic E-state index is -0.477. The number of fused-ring (bicyclic) bond motifs is 1. The maximum absolute atomic E-state index is 12.6. The molecule has 3 rings (SSSR count). The summed E-state index contributed by atoms with van der Waals surface area (Å²) in [4.78, 5) is 19.4. The van der Waals surface area contributed by atoms with Gasteiger partial charge < -0.3 is 18.9 Å². The van der Waals surface area contributed by atoms with Crippen molar-refractivity contribution in [1.82, 2.24) is 14.5 Å². The average Bonchev–Trinajstić information content (AvgIpc) is 2.98. The molecule has 1 saturated heterocycles. The normalized spacial score (nSPS) is 17.9. The molecule has 1 amide bonds. The molecule has 0 saturated carbocycles. The number of ether oxygens (including phenoxy) is 2. The Morgan fingerprint density at radius 3 is 2.82 bits per heavy atom. The maximum atomic E-state index is 12.6. The molecule has 1 aliphatic heterocycles. The zero-order valence-electron chi connectivity index (χ0n) is 17.8. The molecular weight excluding hydrogens is 354 g/mol. The van der Waals surface area contributed by atoms with Gasteiger partial charge in [-0.15, -0.1) is 0 Å². The highest BCUT2D eigenvalue weighted by Gasteiger charge is 2.31. The van der Waals surface area contributed by atoms with Gasteiger partial charge in [-0.05, 0) is 64.7 Å². The molecule has 0 aliphatic carbocycles. The Hall–Kier alpha value is -2.08. The second-order valence-corrected chi connectivity index (χ2v) is 8.73. The summed E-state index contributed by atoms with van der Waals surface area (Å²) in [7, 11) is 1.73. The molecule has 1 aliphatic rings. The second kappa shape index (κ2) is 8.52. The minimum Gasteiger partial charge on any atom is -0.444 e. The highest BCUT2D eigenvalue weighted by Crippen LogP contribution is 2.30. The number of piperidine rings is 1. The highest BCUT2D eigenvalue weighted by molar-refractivity contribution is 5.77. The van der Waals surface area contributed by atoms with Crippen LogP contribution in [0.2, 0.25) is 0 Å². The first-order valence-corrected chi connectivity index (χ1v) is 10.2. The predicted octanol–water partition coefficient (Wildman–Crippen LogP) is 4.50. The lowest BCUT2D eigenvalue weighted by molar-refractivity contribution is 0.0195. The molecule has 154 valence electrons. The van der Waals surface area contributed by atoms with Gasteiger partial charge in [-0.2, -0.15) is 0 Å². The van der Waals surface area contributed by atoms with E-state index in [4.69, 9.17) is 14.5 Å². The number of amides is 1. The molecule has 6 nitrogen and oxygen atoms in total. The van der Waals surface area contributed by atoms with E-state index >= 15 is 0 Å². The zero-order chi connectivity index (χ0) is 20.3. The fourth-order valence-corrected chi connectivity index (χ4v) is 3.85. The van der Waals surface area contributed by atoms with Crippen LogP contribution in [0, 0.1) is 6.92 Å². The molecule has 0 unspecified atom stereocenters. The molecular formula is C22H33N3O3. The molecule has 0 spiro atoms. The first-order valence-electron chi connectivity index (χ1n) is 10.2. The third kappa shape index (κ3) is 4.85. The van der Waals surface area contributed by atoms with E-state index in [9.17, 15) is 4.79 Å². The highest BCUT2D eigenvalue weighted by atomic mass is 16.6. The number of hydrogen-bond donors (Lipinski definition) is 0. The van der Waals surface area contributed by atoms with Crippen LogP contribution in [-0.2, 0) is 16.0 Å². The van der Waals surface area contributed by atoms with Crippen molar-refractivity contribution in [3.63, 3.8) is 0 Å². The molecule has 6 heteroatoms. The maximum Gasteiger partial charge on any atom is 0.410 e. The quantitative estimate of drug-likeness (QED) is 0.709. The largest absolute Gasteiger partial charge is 0.444 e. The Morgan fingerprint density at radius 1 is 1.32 bits per heavy atom. The summed E-state index contributed by atoms with van der Waals surface area (Å²) in [5, 5.41) is 0. The lowest BCUT2D eigenvalue weighted by Crippen LogP contribution is -2.42. The van der Waals surface area contributed by atoms with Crippen LogP contribution in [0.3, 0.4) is 0 Å². The van der Waals surface area contributed by atoms with Gasteiger partial charge in [0.1, 0.15) is 11.4 Å². The molecule has 0 N–H and O–H groups in total. The number of imidazole rings is 1. The fraction of sp³-hybridized carbons (Fsp3) is 0.636. The van der Waals surface area contributed by atoms with Gasteiger partial charge in [-0.25, -0.2) is 9.78 Å². The van der Waals surface area contributed by atoms with E-state index in [1.54, 1.807) is 7.11 Å². The molecule has 2 heterocycles. The summed E-state index contributed by atoms with van der Waals surface area (Å²) < 4.78 is 13.2. The third-order valence-corrected chi connectivity index (χ3v) is 5.10. The number of rotatable bonds is 5. The van der Waals surface area contributed by atoms with Crippen LogP contribution < -0.4 is 0 Å². The molecule has 1 aromatic heterocycles. The number of methoxy groups -OCH3 is 1. The van der Waals surface area contributed by atoms with Gasteiger partial charge in [0.15, 0.2) is 0 Å². The van der Waals surface area contributed by atoms with E-state index in [-0.39, 0.29) is 12.0 Å². The average molecular weight is 388 g/mol. The molecule has 2 aromatic rings. The monoisotopic (exact) mass is 387 g/mol. The van der Waals surface area contributed by atoms with Crippen LogP contribution in [0.5, 0.6) is 0 Å². The van der Waals surface area contributed by atoms with Gasteiger partial charge >= 0.3 is 6.09 Å². The smallest absolute Gasteiger partial charge is 0.410 e. The van der Waals surface area contributed by atoms with Crippen molar-refractivity contribution in [3.05, 3.63) is 29.6 Å². The van der Waals surface area contributed by atoms with E-state index in [2.05, 4.69) is 29.7 Å². The molecule has 0 radical (unpaired) electrons. The molecule has 1 atom stereocenters. The van der Waals surface area contributed by atoms with Gasteiger partial charge in [0.25, 0.3) is 0 Å². The minimum absolute atomic E-state index is 0.219. The predicted molar refractivity (Wildman–Crippen MR) is 111 cm³/mol. The van der Waals surface area contributed by atoms with Crippen molar-refractivity contribution < 1.29 is 14.3 Å². The zero-order valence-corrected chi connectivity index (χ0v) is 17.8. The number of benzene rings is 1. The van der Waals surface area contributed by atoms with Crippen LogP contribution in [0.4, 0.5) is 4.79 Å². The lowest BCUT2D eigenvalue weighted by Gasteiger charge is -2.34. The lowest BCUT2D eigenvalue weighted by atomic mass is 9.97. The topological polar surface area (TPSA) is 56.6 Å². The van der Waals surface area contributed by atoms with Crippen LogP contribution >= 0.6 is 0 Å². The standard InChI is InChI=1S/C22H33N3O3/c1-16-9-10-19-18(14-16)23-20(25(19)12-7-13-27-5)17-8-6-11-24(15-17)21(26)28-22(2,3)4/h9-10,14,17H,6-8,11-13,15H2,1-5H3/t17-/m1/s1. The van der Waals surface area contributed by atoms with Crippen molar-refractivity contribution in [1.29, 1.82) is 0 Å². The number of nitrogens with zero attached hydrogens (tertiary/aromatic N) is 3. The summed E-state index contributed by atoms with van der Waals surface area (Å²) in [5.41, 5.74) is 2.92. The summed E-state index contributed by atoms with van der Waals surface area (Å²) in [6.07, 6.45) is 2.71. The summed E-state index contributed by atoms with van der Waals surface area (Å²) in [5.74, 6) is 1.29. The van der Waals surface area contributed by atoms with Crippen LogP contribution in [-0.4, -0.2) is 53.0 Å². The van der Waals surface area contributed by atoms with Gasteiger partial charge in [0, 0.05) is 39.3 Å². The first-order chi connectivity index (χ1) is 13.3. The van der Waals surface area contributed by atoms with E-state index in [1.165, 1.54) is 5.56 Å².